The van der Waals surface area contributed by atoms with Crippen LogP contribution >= 0.6 is 11.3 Å². The number of carbonyl (C=O) groups excluding carboxylic acids is 2. The first-order valence-electron chi connectivity index (χ1n) is 9.51. The molecule has 1 amide bonds. The van der Waals surface area contributed by atoms with Gasteiger partial charge in [-0.15, -0.1) is 11.3 Å². The van der Waals surface area contributed by atoms with Gasteiger partial charge in [0.25, 0.3) is 0 Å². The zero-order valence-electron chi connectivity index (χ0n) is 16.8. The number of alkyl carbamates (subject to hydrolysis) is 1. The molecule has 1 N–H and O–H groups in total. The van der Waals surface area contributed by atoms with Gasteiger partial charge >= 0.3 is 6.09 Å². The Morgan fingerprint density at radius 1 is 1.21 bits per heavy atom. The molecule has 1 heterocycles. The van der Waals surface area contributed by atoms with Gasteiger partial charge in [-0.1, -0.05) is 43.9 Å². The highest BCUT2D eigenvalue weighted by Gasteiger charge is 2.18. The summed E-state index contributed by atoms with van der Waals surface area (Å²) in [5.41, 5.74) is 0.859. The van der Waals surface area contributed by atoms with Crippen molar-refractivity contribution in [3.63, 3.8) is 0 Å². The van der Waals surface area contributed by atoms with Crippen LogP contribution in [0, 0.1) is 0 Å². The number of nitrogens with one attached hydrogen (secondary N) is 1. The van der Waals surface area contributed by atoms with Gasteiger partial charge in [0.1, 0.15) is 18.1 Å². The van der Waals surface area contributed by atoms with Crippen LogP contribution in [0.2, 0.25) is 25.7 Å². The van der Waals surface area contributed by atoms with E-state index < -0.39 is 8.07 Å². The van der Waals surface area contributed by atoms with Gasteiger partial charge < -0.3 is 19.6 Å². The minimum atomic E-state index is -1.21. The van der Waals surface area contributed by atoms with Crippen LogP contribution in [0.15, 0.2) is 41.8 Å². The van der Waals surface area contributed by atoms with Crippen molar-refractivity contribution in [2.45, 2.75) is 44.6 Å². The van der Waals surface area contributed by atoms with E-state index in [1.807, 2.05) is 41.8 Å². The summed E-state index contributed by atoms with van der Waals surface area (Å²) in [4.78, 5) is 23.9. The average Bonchev–Trinajstić information content (AvgIpc) is 3.16. The molecule has 0 aliphatic heterocycles. The van der Waals surface area contributed by atoms with Gasteiger partial charge in [-0.05, 0) is 23.6 Å². The molecule has 5 nitrogen and oxygen atoms in total. The first-order chi connectivity index (χ1) is 13.4. The monoisotopic (exact) mass is 419 g/mol. The number of amides is 1. The van der Waals surface area contributed by atoms with Crippen LogP contribution in [0.3, 0.4) is 0 Å². The van der Waals surface area contributed by atoms with Crippen LogP contribution in [0.4, 0.5) is 4.79 Å². The summed E-state index contributed by atoms with van der Waals surface area (Å²) in [7, 11) is -1.21. The summed E-state index contributed by atoms with van der Waals surface area (Å²) in [6.45, 7) is 7.66. The Hall–Kier alpha value is -2.12. The third kappa shape index (κ3) is 7.86. The normalized spacial score (nSPS) is 12.2. The Bertz CT molecular complexity index is 743. The van der Waals surface area contributed by atoms with Gasteiger partial charge in [0, 0.05) is 37.9 Å². The second-order valence-electron chi connectivity index (χ2n) is 7.76. The largest absolute Gasteiger partial charge is 0.485 e. The van der Waals surface area contributed by atoms with Crippen molar-refractivity contribution in [2.75, 3.05) is 13.2 Å². The minimum absolute atomic E-state index is 0.199. The number of hydrogen-bond acceptors (Lipinski definition) is 5. The highest BCUT2D eigenvalue weighted by molar-refractivity contribution is 7.10. The Labute approximate surface area is 172 Å². The second-order valence-corrected chi connectivity index (χ2v) is 14.4. The van der Waals surface area contributed by atoms with Gasteiger partial charge in [-0.3, -0.25) is 0 Å². The first-order valence-corrected chi connectivity index (χ1v) is 14.1. The summed E-state index contributed by atoms with van der Waals surface area (Å²) in [5, 5.41) is 4.81. The molecule has 0 aliphatic rings. The summed E-state index contributed by atoms with van der Waals surface area (Å²) in [6.07, 6.45) is 1.22. The van der Waals surface area contributed by atoms with Crippen molar-refractivity contribution in [3.05, 3.63) is 52.2 Å². The van der Waals surface area contributed by atoms with Crippen LogP contribution in [0.1, 0.15) is 23.0 Å². The van der Waals surface area contributed by atoms with E-state index in [1.54, 1.807) is 11.3 Å². The Morgan fingerprint density at radius 3 is 2.68 bits per heavy atom. The maximum absolute atomic E-state index is 11.9. The lowest BCUT2D eigenvalue weighted by Crippen LogP contribution is -2.29. The lowest BCUT2D eigenvalue weighted by molar-refractivity contribution is -0.107. The van der Waals surface area contributed by atoms with Gasteiger partial charge in [0.05, 0.1) is 6.61 Å². The quantitative estimate of drug-likeness (QED) is 0.408. The molecule has 2 rings (SSSR count). The lowest BCUT2D eigenvalue weighted by atomic mass is 10.1. The van der Waals surface area contributed by atoms with Gasteiger partial charge in [0.15, 0.2) is 0 Å². The molecule has 0 aliphatic carbocycles. The van der Waals surface area contributed by atoms with Gasteiger partial charge in [-0.2, -0.15) is 0 Å². The molecule has 1 atom stereocenters. The number of thiophene rings is 1. The molecule has 0 bridgehead atoms. The van der Waals surface area contributed by atoms with Crippen LogP contribution in [-0.2, 0) is 16.0 Å². The fraction of sp³-hybridized carbons (Fsp3) is 0.429. The summed E-state index contributed by atoms with van der Waals surface area (Å²) >= 11 is 1.61. The predicted octanol–water partition coefficient (Wildman–Crippen LogP) is 5.06. The van der Waals surface area contributed by atoms with Gasteiger partial charge in [0.2, 0.25) is 0 Å². The fourth-order valence-corrected chi connectivity index (χ4v) is 4.07. The smallest absolute Gasteiger partial charge is 0.407 e. The Morgan fingerprint density at radius 2 is 2.00 bits per heavy atom. The van der Waals surface area contributed by atoms with E-state index in [9.17, 15) is 9.59 Å². The summed E-state index contributed by atoms with van der Waals surface area (Å²) in [5.74, 6) is 0.700. The summed E-state index contributed by atoms with van der Waals surface area (Å²) < 4.78 is 11.5. The highest BCUT2D eigenvalue weighted by atomic mass is 32.1. The fourth-order valence-electron chi connectivity index (χ4n) is 2.57. The number of carbonyl (C=O) groups is 2. The third-order valence-corrected chi connectivity index (χ3v) is 6.84. The standard InChI is InChI=1S/C21H29NO4SSi/c1-28(2,3)16-14-25-21(24)22-12-10-19(20-9-6-15-27-20)26-18-8-5-4-7-17(18)11-13-23/h4-9,13,15,19H,10-12,14,16H2,1-3H3,(H,22,24)/t19-/m1/s1. The van der Waals surface area contributed by atoms with Crippen molar-refractivity contribution in [1.82, 2.24) is 5.32 Å². The Kier molecular flexibility index (Phi) is 8.72. The highest BCUT2D eigenvalue weighted by Crippen LogP contribution is 2.30. The van der Waals surface area contributed by atoms with Crippen molar-refractivity contribution < 1.29 is 19.1 Å². The van der Waals surface area contributed by atoms with Crippen molar-refractivity contribution in [3.8, 4) is 5.75 Å². The molecule has 1 aromatic carbocycles. The van der Waals surface area contributed by atoms with Crippen LogP contribution in [0.5, 0.6) is 5.75 Å². The van der Waals surface area contributed by atoms with E-state index in [0.29, 0.717) is 31.7 Å². The molecule has 2 aromatic rings. The van der Waals surface area contributed by atoms with Crippen molar-refractivity contribution in [1.29, 1.82) is 0 Å². The van der Waals surface area contributed by atoms with E-state index >= 15 is 0 Å². The molecule has 1 aromatic heterocycles. The lowest BCUT2D eigenvalue weighted by Gasteiger charge is -2.20. The van der Waals surface area contributed by atoms with Crippen LogP contribution < -0.4 is 10.1 Å². The molecular formula is C21H29NO4SSi. The minimum Gasteiger partial charge on any atom is -0.485 e. The summed E-state index contributed by atoms with van der Waals surface area (Å²) in [6, 6.07) is 12.5. The van der Waals surface area contributed by atoms with E-state index in [1.165, 1.54) is 0 Å². The number of hydrogen-bond donors (Lipinski definition) is 1. The molecular weight excluding hydrogens is 390 g/mol. The maximum Gasteiger partial charge on any atom is 0.407 e. The number of benzene rings is 1. The molecule has 28 heavy (non-hydrogen) atoms. The van der Waals surface area contributed by atoms with E-state index in [-0.39, 0.29) is 12.2 Å². The topological polar surface area (TPSA) is 64.6 Å². The number of para-hydroxylation sites is 1. The molecule has 0 fully saturated rings. The number of aldehydes is 1. The molecule has 0 saturated carbocycles. The van der Waals surface area contributed by atoms with E-state index in [0.717, 1.165) is 22.8 Å². The zero-order chi connectivity index (χ0) is 20.4. The molecule has 0 radical (unpaired) electrons. The van der Waals surface area contributed by atoms with E-state index in [4.69, 9.17) is 9.47 Å². The zero-order valence-corrected chi connectivity index (χ0v) is 18.6. The van der Waals surface area contributed by atoms with Gasteiger partial charge in [-0.25, -0.2) is 4.79 Å². The number of rotatable bonds is 11. The predicted molar refractivity (Wildman–Crippen MR) is 116 cm³/mol. The SMILES string of the molecule is C[Si](C)(C)CCOC(=O)NCC[C@@H](Oc1ccccc1CC=O)c1cccs1. The van der Waals surface area contributed by atoms with E-state index in [2.05, 4.69) is 25.0 Å². The second kappa shape index (κ2) is 11.0. The van der Waals surface area contributed by atoms with Crippen LogP contribution in [-0.4, -0.2) is 33.6 Å². The molecule has 152 valence electrons. The number of ether oxygens (including phenoxy) is 2. The third-order valence-electron chi connectivity index (χ3n) is 4.17. The molecule has 0 saturated heterocycles. The Balaban J connectivity index is 1.91. The average molecular weight is 420 g/mol. The van der Waals surface area contributed by atoms with Crippen molar-refractivity contribution >= 4 is 31.8 Å². The van der Waals surface area contributed by atoms with Crippen molar-refractivity contribution in [2.24, 2.45) is 0 Å². The molecule has 7 heteroatoms. The molecule has 0 unspecified atom stereocenters. The first kappa shape index (κ1) is 22.2. The maximum atomic E-state index is 11.9. The van der Waals surface area contributed by atoms with Crippen LogP contribution in [0.25, 0.3) is 0 Å². The molecule has 0 spiro atoms.